The van der Waals surface area contributed by atoms with Gasteiger partial charge in [0.2, 0.25) is 0 Å². The van der Waals surface area contributed by atoms with Crippen molar-refractivity contribution in [3.05, 3.63) is 0 Å². The zero-order valence-corrected chi connectivity index (χ0v) is 8.54. The summed E-state index contributed by atoms with van der Waals surface area (Å²) >= 11 is 0. The number of fused-ring (bicyclic) bond motifs is 2. The zero-order valence-electron chi connectivity index (χ0n) is 8.54. The monoisotopic (exact) mass is 324 g/mol. The molecule has 5 aliphatic rings. The van der Waals surface area contributed by atoms with Crippen molar-refractivity contribution < 1.29 is 52.7 Å². The van der Waals surface area contributed by atoms with Gasteiger partial charge in [0.15, 0.2) is 0 Å². The smallest absolute Gasteiger partial charge is 0.229 e. The molecule has 0 radical (unpaired) electrons. The molecule has 12 heteroatoms. The maximum atomic E-state index is 13.6. The molecule has 4 bridgehead atoms. The van der Waals surface area contributed by atoms with Gasteiger partial charge in [-0.2, -0.15) is 35.1 Å². The lowest BCUT2D eigenvalue weighted by atomic mass is 9.59. The van der Waals surface area contributed by atoms with Crippen LogP contribution in [0.25, 0.3) is 0 Å². The summed E-state index contributed by atoms with van der Waals surface area (Å²) in [4.78, 5) is 0. The molecule has 20 heavy (non-hydrogen) atoms. The van der Waals surface area contributed by atoms with Crippen molar-refractivity contribution in [3.8, 4) is 0 Å². The fourth-order valence-corrected chi connectivity index (χ4v) is 3.48. The highest BCUT2D eigenvalue weighted by Gasteiger charge is 3.30. The summed E-state index contributed by atoms with van der Waals surface area (Å²) in [6, 6.07) is 0. The second-order valence-electron chi connectivity index (χ2n) is 4.93. The Hall–Kier alpha value is -0.840. The van der Waals surface area contributed by atoms with Gasteiger partial charge in [-0.15, -0.1) is 0 Å². The van der Waals surface area contributed by atoms with E-state index in [1.54, 1.807) is 0 Å². The molecule has 5 rings (SSSR count). The maximum Gasteiger partial charge on any atom is 0.354 e. The average molecular weight is 324 g/mol. The Morgan fingerprint density at radius 1 is 0.250 bits per heavy atom. The number of halogens is 12. The summed E-state index contributed by atoms with van der Waals surface area (Å²) < 4.78 is 158. The van der Waals surface area contributed by atoms with Crippen molar-refractivity contribution in [1.82, 2.24) is 0 Å². The van der Waals surface area contributed by atoms with E-state index in [4.69, 9.17) is 0 Å². The summed E-state index contributed by atoms with van der Waals surface area (Å²) in [5, 5.41) is 0. The summed E-state index contributed by atoms with van der Waals surface area (Å²) in [5.41, 5.74) is -25.6. The lowest BCUT2D eigenvalue weighted by Crippen LogP contribution is -2.84. The molecular formula is C8F12. The molecule has 0 aromatic carbocycles. The standard InChI is InChI=1S/C8F12/c9-1-2(10)4(12,8(19,20)5(1,13)14)3(1,11)7(17,18)6(2,15)16. The molecule has 0 nitrogen and oxygen atoms in total. The van der Waals surface area contributed by atoms with Gasteiger partial charge in [-0.25, -0.2) is 17.6 Å². The van der Waals surface area contributed by atoms with Gasteiger partial charge in [-0.05, 0) is 0 Å². The molecule has 0 aliphatic heterocycles. The van der Waals surface area contributed by atoms with Crippen molar-refractivity contribution in [2.45, 2.75) is 46.4 Å². The molecule has 5 fully saturated rings. The number of rotatable bonds is 0. The maximum absolute atomic E-state index is 13.6. The fourth-order valence-electron chi connectivity index (χ4n) is 3.48. The van der Waals surface area contributed by atoms with E-state index in [-0.39, 0.29) is 0 Å². The number of alkyl halides is 12. The van der Waals surface area contributed by atoms with Crippen molar-refractivity contribution in [3.63, 3.8) is 0 Å². The molecule has 0 unspecified atom stereocenters. The van der Waals surface area contributed by atoms with Crippen LogP contribution in [-0.4, -0.2) is 46.4 Å². The van der Waals surface area contributed by atoms with E-state index in [1.165, 1.54) is 0 Å². The molecule has 0 saturated heterocycles. The Kier molecular flexibility index (Phi) is 1.70. The molecule has 116 valence electrons. The first-order valence-electron chi connectivity index (χ1n) is 4.77. The minimum atomic E-state index is -6.72. The predicted molar refractivity (Wildman–Crippen MR) is 35.1 cm³/mol. The van der Waals surface area contributed by atoms with Crippen LogP contribution in [0.2, 0.25) is 0 Å². The van der Waals surface area contributed by atoms with E-state index in [9.17, 15) is 52.7 Å². The zero-order chi connectivity index (χ0) is 16.0. The van der Waals surface area contributed by atoms with Gasteiger partial charge in [0.1, 0.15) is 0 Å². The minimum absolute atomic E-state index is 6.39. The van der Waals surface area contributed by atoms with E-state index in [0.717, 1.165) is 0 Å². The van der Waals surface area contributed by atoms with Gasteiger partial charge in [-0.1, -0.05) is 0 Å². The van der Waals surface area contributed by atoms with Crippen LogP contribution < -0.4 is 0 Å². The van der Waals surface area contributed by atoms with Gasteiger partial charge in [0.05, 0.1) is 0 Å². The van der Waals surface area contributed by atoms with E-state index in [1.807, 2.05) is 0 Å². The molecule has 0 aromatic heterocycles. The van der Waals surface area contributed by atoms with Gasteiger partial charge >= 0.3 is 23.7 Å². The lowest BCUT2D eigenvalue weighted by molar-refractivity contribution is -0.334. The summed E-state index contributed by atoms with van der Waals surface area (Å²) in [6.07, 6.45) is 0. The molecule has 0 amide bonds. The molecule has 0 spiro atoms. The Morgan fingerprint density at radius 2 is 0.350 bits per heavy atom. The predicted octanol–water partition coefficient (Wildman–Crippen LogP) is 3.40. The molecule has 5 saturated carbocycles. The van der Waals surface area contributed by atoms with E-state index < -0.39 is 46.4 Å². The largest absolute Gasteiger partial charge is 0.354 e. The number of hydrogen-bond donors (Lipinski definition) is 0. The first kappa shape index (κ1) is 14.1. The molecule has 0 N–H and O–H groups in total. The van der Waals surface area contributed by atoms with Gasteiger partial charge in [-0.3, -0.25) is 0 Å². The van der Waals surface area contributed by atoms with Crippen LogP contribution in [0.1, 0.15) is 0 Å². The van der Waals surface area contributed by atoms with Crippen molar-refractivity contribution in [1.29, 1.82) is 0 Å². The van der Waals surface area contributed by atoms with Crippen LogP contribution in [0.15, 0.2) is 0 Å². The third-order valence-electron chi connectivity index (χ3n) is 4.42. The van der Waals surface area contributed by atoms with Crippen molar-refractivity contribution >= 4 is 0 Å². The molecule has 0 heterocycles. The highest BCUT2D eigenvalue weighted by Crippen LogP contribution is 2.95. The van der Waals surface area contributed by atoms with Crippen LogP contribution >= 0.6 is 0 Å². The minimum Gasteiger partial charge on any atom is -0.229 e. The van der Waals surface area contributed by atoms with Crippen LogP contribution in [0, 0.1) is 0 Å². The normalized spacial score (nSPS) is 59.4. The Labute approximate surface area is 100 Å². The number of hydrogen-bond acceptors (Lipinski definition) is 0. The topological polar surface area (TPSA) is 0 Å². The van der Waals surface area contributed by atoms with Crippen molar-refractivity contribution in [2.75, 3.05) is 0 Å². The Balaban J connectivity index is 2.52. The van der Waals surface area contributed by atoms with Gasteiger partial charge in [0.25, 0.3) is 22.7 Å². The first-order valence-corrected chi connectivity index (χ1v) is 4.77. The Morgan fingerprint density at radius 3 is 0.450 bits per heavy atom. The van der Waals surface area contributed by atoms with Gasteiger partial charge < -0.3 is 0 Å². The molecular weight excluding hydrogens is 324 g/mol. The van der Waals surface area contributed by atoms with Crippen LogP contribution in [0.4, 0.5) is 52.7 Å². The summed E-state index contributed by atoms with van der Waals surface area (Å²) in [5.74, 6) is -26.9. The van der Waals surface area contributed by atoms with E-state index in [2.05, 4.69) is 0 Å². The molecule has 5 aliphatic carbocycles. The van der Waals surface area contributed by atoms with Crippen LogP contribution in [0.3, 0.4) is 0 Å². The van der Waals surface area contributed by atoms with Crippen LogP contribution in [0.5, 0.6) is 0 Å². The van der Waals surface area contributed by atoms with E-state index in [0.29, 0.717) is 0 Å². The SMILES string of the molecule is FC1(F)C(F)(F)C2(F)C3(F)C(F)(F)C(F)(F)C2(F)C13F. The third kappa shape index (κ3) is 0.564. The van der Waals surface area contributed by atoms with Crippen molar-refractivity contribution in [2.24, 2.45) is 0 Å². The highest BCUT2D eigenvalue weighted by molar-refractivity contribution is 5.64. The average Bonchev–Trinajstić information content (AvgIpc) is 2.51. The lowest BCUT2D eigenvalue weighted by Gasteiger charge is -2.50. The first-order chi connectivity index (χ1) is 8.50. The van der Waals surface area contributed by atoms with E-state index >= 15 is 0 Å². The summed E-state index contributed by atoms with van der Waals surface area (Å²) in [7, 11) is 0. The second-order valence-corrected chi connectivity index (χ2v) is 4.93. The Bertz CT molecular complexity index is 428. The molecule has 0 aromatic rings. The quantitative estimate of drug-likeness (QED) is 0.599. The third-order valence-corrected chi connectivity index (χ3v) is 4.42. The second kappa shape index (κ2) is 2.40. The van der Waals surface area contributed by atoms with Gasteiger partial charge in [0, 0.05) is 0 Å². The van der Waals surface area contributed by atoms with Crippen LogP contribution in [-0.2, 0) is 0 Å². The summed E-state index contributed by atoms with van der Waals surface area (Å²) in [6.45, 7) is 0. The highest BCUT2D eigenvalue weighted by atomic mass is 19.3. The molecule has 0 atom stereocenters. The fraction of sp³-hybridized carbons (Fsp3) is 1.00.